The van der Waals surface area contributed by atoms with Gasteiger partial charge in [-0.3, -0.25) is 4.90 Å². The summed E-state index contributed by atoms with van der Waals surface area (Å²) < 4.78 is 84.2. The Kier molecular flexibility index (Phi) is 41.7. The maximum Gasteiger partial charge on any atom is 0.131 e. The molecule has 3 aliphatic heterocycles. The van der Waals surface area contributed by atoms with Crippen LogP contribution in [0.3, 0.4) is 0 Å². The van der Waals surface area contributed by atoms with Crippen molar-refractivity contribution < 1.29 is 85.7 Å². The molecule has 788 valence electrons. The molecule has 21 nitrogen and oxygen atoms in total. The summed E-state index contributed by atoms with van der Waals surface area (Å²) in [6.45, 7) is 34.2. The van der Waals surface area contributed by atoms with Gasteiger partial charge >= 0.3 is 0 Å². The first-order chi connectivity index (χ1) is 69.9. The maximum atomic E-state index is 10.7. The van der Waals surface area contributed by atoms with Gasteiger partial charge in [-0.1, -0.05) is 199 Å². The number of nitrogens with zero attached hydrogens (tertiary/aromatic N) is 2. The number of hydrogen-bond donors (Lipinski definition) is 4. The molecule has 10 aromatic rings. The third-order valence-electron chi connectivity index (χ3n) is 31.4. The van der Waals surface area contributed by atoms with Crippen LogP contribution in [0.2, 0.25) is 0 Å². The molecule has 4 aliphatic carbocycles. The second-order valence-electron chi connectivity index (χ2n) is 44.7. The number of epoxide rings is 3. The topological polar surface area (TPSA) is 249 Å². The highest BCUT2D eigenvalue weighted by Gasteiger charge is 2.36. The molecule has 0 amide bonds. The summed E-state index contributed by atoms with van der Waals surface area (Å²) in [7, 11) is 4.35. The molecule has 0 bridgehead atoms. The predicted octanol–water partition coefficient (Wildman–Crippen LogP) is 24.5. The number of ether oxygens (including phenoxy) is 13. The van der Waals surface area contributed by atoms with Gasteiger partial charge in [0.05, 0.1) is 58.8 Å². The minimum atomic E-state index is -0.783. The van der Waals surface area contributed by atoms with Gasteiger partial charge < -0.3 is 96.4 Å². The van der Waals surface area contributed by atoms with Gasteiger partial charge in [0.25, 0.3) is 0 Å². The van der Waals surface area contributed by atoms with Crippen LogP contribution in [-0.2, 0) is 58.6 Å². The lowest BCUT2D eigenvalue weighted by Gasteiger charge is -2.40. The Morgan fingerprint density at radius 2 is 0.607 bits per heavy atom. The number of hydrogen-bond acceptors (Lipinski definition) is 21. The highest BCUT2D eigenvalue weighted by molar-refractivity contribution is 5.47. The fourth-order valence-corrected chi connectivity index (χ4v) is 20.5. The molecule has 8 aromatic carbocycles. The summed E-state index contributed by atoms with van der Waals surface area (Å²) in [5.74, 6) is 13.2. The SMILES string of the molecule is CC(C)(c1ccc(OCC(O)COc2ccc(C(C)(C)c3ccc(OCC4CO4)cc3)cc2)cc1)c1ccc(OCC2CO2)cc1.CC(C)COc1ccc(C(C)(C)c2ccc(OCC(O)COc3ccc(C(C)(C)c4ccc(OCCC(C)N(C)C5CCC(CC6CCC(N(C)C(O)COCc7ccco7)CC6)CC5)cc4)cc3)cc2)cc1.CC1CCC(CC2CCC(N)CC2)CC1.c1coc(COCC2CO2)c1. The maximum absolute atomic E-state index is 10.7. The van der Waals surface area contributed by atoms with Gasteiger partial charge in [-0.15, -0.1) is 0 Å². The average Bonchev–Trinajstić information content (AvgIpc) is 1.35. The standard InChI is InChI=1S/C63H88N2O8.C39H44O7.C14H27N.C8H10O3/c1-45(2)40-71-57-30-18-50(19-31-57)63(6,7)52-22-34-59(35-23-52)73-42-55(66)41-72-58-32-20-51(21-33-58)62(4,5)49-16-28-56(29-17-49)70-38-36-46(3)64(8)53-24-12-47(13-25-53)39-48-14-26-54(27-15-48)65(9)61(67)44-68-43-60-11-10-37-69-60;1-38(2,29-9-17-34(18-10-29)43-23-36-25-45-36)27-5-13-32(14-6-27)41-21-31(40)22-42-33-15-7-28(8-16-33)39(3,4)30-11-19-35(20-12-30)44-24-37-26-46-37;1-11-2-4-12(5-3-11)10-13-6-8-14(15)9-7-13;1-2-7(10-3-1)4-9-5-8-6-11-8/h10-11,16-23,28-35,37,45-48,53-55,61,66-67H,12-15,24-27,36,38-44H2,1-9H3;5-20,31,36-37,40H,21-26H2,1-4H3;11-14H,2-10,15H2,1H3;1-3,8H,4-6H2. The Bertz CT molecular complexity index is 5130. The van der Waals surface area contributed by atoms with Gasteiger partial charge in [0, 0.05) is 45.8 Å². The molecule has 7 fully saturated rings. The van der Waals surface area contributed by atoms with E-state index in [2.05, 4.69) is 209 Å². The van der Waals surface area contributed by atoms with Crippen LogP contribution in [0.4, 0.5) is 0 Å². The van der Waals surface area contributed by atoms with Gasteiger partial charge in [0.2, 0.25) is 0 Å². The number of aliphatic hydroxyl groups is 3. The molecule has 6 unspecified atom stereocenters. The van der Waals surface area contributed by atoms with Crippen LogP contribution >= 0.6 is 0 Å². The van der Waals surface area contributed by atoms with Crippen LogP contribution in [0.1, 0.15) is 261 Å². The minimum absolute atomic E-state index is 0.129. The third-order valence-corrected chi connectivity index (χ3v) is 31.4. The Balaban J connectivity index is 0.000000192. The lowest BCUT2D eigenvalue weighted by atomic mass is 9.75. The Labute approximate surface area is 865 Å². The molecule has 21 heteroatoms. The predicted molar refractivity (Wildman–Crippen MR) is 574 cm³/mol. The highest BCUT2D eigenvalue weighted by Crippen LogP contribution is 2.43. The van der Waals surface area contributed by atoms with Gasteiger partial charge in [0.1, 0.15) is 147 Å². The summed E-state index contributed by atoms with van der Waals surface area (Å²) >= 11 is 0. The monoisotopic (exact) mass is 1990 g/mol. The van der Waals surface area contributed by atoms with Crippen LogP contribution in [-0.4, -0.2) is 186 Å². The fraction of sp³-hybridized carbons (Fsp3) is 0.548. The van der Waals surface area contributed by atoms with Crippen LogP contribution in [0.5, 0.6) is 46.0 Å². The quantitative estimate of drug-likeness (QED) is 0.0204. The lowest BCUT2D eigenvalue weighted by Crippen LogP contribution is -2.44. The zero-order valence-electron chi connectivity index (χ0n) is 89.2. The van der Waals surface area contributed by atoms with E-state index in [0.29, 0.717) is 112 Å². The summed E-state index contributed by atoms with van der Waals surface area (Å²) in [5.41, 5.74) is 14.6. The molecule has 7 aliphatic rings. The Morgan fingerprint density at radius 3 is 0.910 bits per heavy atom. The van der Waals surface area contributed by atoms with Crippen molar-refractivity contribution >= 4 is 0 Å². The van der Waals surface area contributed by atoms with E-state index in [9.17, 15) is 15.3 Å². The van der Waals surface area contributed by atoms with E-state index in [1.54, 1.807) is 12.5 Å². The number of benzene rings is 8. The van der Waals surface area contributed by atoms with Gasteiger partial charge in [-0.2, -0.15) is 0 Å². The van der Waals surface area contributed by atoms with E-state index in [-0.39, 0.29) is 60.3 Å². The molecule has 17 rings (SSSR count). The number of rotatable bonds is 49. The largest absolute Gasteiger partial charge is 0.494 e. The van der Waals surface area contributed by atoms with Crippen molar-refractivity contribution in [3.63, 3.8) is 0 Å². The normalized spacial score (nSPS) is 21.9. The molecular weight excluding hydrogens is 1820 g/mol. The third kappa shape index (κ3) is 35.2. The van der Waals surface area contributed by atoms with E-state index < -0.39 is 18.4 Å². The number of nitrogens with two attached hydrogens (primary N) is 1. The van der Waals surface area contributed by atoms with E-state index >= 15 is 0 Å². The van der Waals surface area contributed by atoms with Crippen molar-refractivity contribution in [1.29, 1.82) is 0 Å². The highest BCUT2D eigenvalue weighted by atomic mass is 16.6. The molecule has 145 heavy (non-hydrogen) atoms. The van der Waals surface area contributed by atoms with Crippen LogP contribution in [0, 0.1) is 35.5 Å². The molecule has 6 atom stereocenters. The van der Waals surface area contributed by atoms with Crippen LogP contribution < -0.4 is 43.6 Å². The smallest absolute Gasteiger partial charge is 0.131 e. The van der Waals surface area contributed by atoms with Crippen molar-refractivity contribution in [2.24, 2.45) is 41.2 Å². The molecular formula is C124H169N3O18. The van der Waals surface area contributed by atoms with Crippen molar-refractivity contribution in [3.05, 3.63) is 287 Å². The van der Waals surface area contributed by atoms with Gasteiger partial charge in [0.15, 0.2) is 0 Å². The summed E-state index contributed by atoms with van der Waals surface area (Å²) in [6.07, 6.45) is 27.2. The molecule has 3 saturated heterocycles. The average molecular weight is 1990 g/mol. The zero-order valence-corrected chi connectivity index (χ0v) is 89.2. The summed E-state index contributed by atoms with van der Waals surface area (Å²) in [5, 5.41) is 32.0. The van der Waals surface area contributed by atoms with Crippen molar-refractivity contribution in [2.75, 3.05) is 100.0 Å². The second-order valence-corrected chi connectivity index (χ2v) is 44.7. The van der Waals surface area contributed by atoms with Crippen molar-refractivity contribution in [3.8, 4) is 46.0 Å². The molecule has 2 aromatic heterocycles. The number of aliphatic hydroxyl groups excluding tert-OH is 3. The van der Waals surface area contributed by atoms with Crippen molar-refractivity contribution in [1.82, 2.24) is 9.80 Å². The van der Waals surface area contributed by atoms with E-state index in [4.69, 9.17) is 76.1 Å². The van der Waals surface area contributed by atoms with Crippen LogP contribution in [0.25, 0.3) is 0 Å². The Hall–Kier alpha value is -9.72. The van der Waals surface area contributed by atoms with Gasteiger partial charge in [-0.05, 0) is 319 Å². The second kappa shape index (κ2) is 54.5. The summed E-state index contributed by atoms with van der Waals surface area (Å²) in [4.78, 5) is 4.72. The van der Waals surface area contributed by atoms with Crippen molar-refractivity contribution in [2.45, 2.75) is 301 Å². The molecule has 4 saturated carbocycles. The number of furan rings is 2. The van der Waals surface area contributed by atoms with Crippen LogP contribution in [0.15, 0.2) is 240 Å². The molecule has 5 heterocycles. The van der Waals surface area contributed by atoms with E-state index in [0.717, 1.165) is 103 Å². The zero-order chi connectivity index (χ0) is 102. The molecule has 0 radical (unpaired) electrons. The summed E-state index contributed by atoms with van der Waals surface area (Å²) in [6, 6.07) is 75.3. The first-order valence-corrected chi connectivity index (χ1v) is 54.1. The number of likely N-dealkylation sites (N-methyl/N-ethyl adjacent to an activating group) is 1. The first-order valence-electron chi connectivity index (χ1n) is 54.1. The molecule has 0 spiro atoms. The lowest BCUT2D eigenvalue weighted by molar-refractivity contribution is -0.0775. The van der Waals surface area contributed by atoms with E-state index in [1.807, 2.05) is 116 Å². The minimum Gasteiger partial charge on any atom is -0.494 e. The molecule has 5 N–H and O–H groups in total. The fourth-order valence-electron chi connectivity index (χ4n) is 20.5. The first kappa shape index (κ1) is 111. The van der Waals surface area contributed by atoms with Gasteiger partial charge in [-0.25, -0.2) is 0 Å². The van der Waals surface area contributed by atoms with E-state index in [1.165, 1.54) is 147 Å². The Morgan fingerprint density at radius 1 is 0.331 bits per heavy atom.